The minimum absolute atomic E-state index is 0.394. The van der Waals surface area contributed by atoms with Crippen LogP contribution in [0.3, 0.4) is 0 Å². The van der Waals surface area contributed by atoms with E-state index in [0.717, 1.165) is 19.6 Å². The molecule has 17 heavy (non-hydrogen) atoms. The van der Waals surface area contributed by atoms with Gasteiger partial charge in [0.1, 0.15) is 0 Å². The van der Waals surface area contributed by atoms with Crippen molar-refractivity contribution in [2.24, 2.45) is 5.73 Å². The van der Waals surface area contributed by atoms with Crippen molar-refractivity contribution in [1.29, 1.82) is 0 Å². The zero-order valence-corrected chi connectivity index (χ0v) is 11.1. The number of benzene rings is 1. The molecule has 0 saturated heterocycles. The molecule has 0 amide bonds. The molecule has 0 aliphatic carbocycles. The number of likely N-dealkylation sites (N-methyl/N-ethyl adjacent to an activating group) is 1. The predicted octanol–water partition coefficient (Wildman–Crippen LogP) is 2.05. The van der Waals surface area contributed by atoms with Gasteiger partial charge >= 0.3 is 0 Å². The Morgan fingerprint density at radius 1 is 1.29 bits per heavy atom. The van der Waals surface area contributed by atoms with Crippen molar-refractivity contribution < 1.29 is 4.74 Å². The van der Waals surface area contributed by atoms with Crippen LogP contribution in [0.25, 0.3) is 0 Å². The number of hydrogen-bond donors (Lipinski definition) is 1. The van der Waals surface area contributed by atoms with E-state index >= 15 is 0 Å². The highest BCUT2D eigenvalue weighted by Gasteiger charge is 2.12. The number of ether oxygens (including phenoxy) is 1. The van der Waals surface area contributed by atoms with Gasteiger partial charge in [-0.15, -0.1) is 0 Å². The molecule has 0 spiro atoms. The van der Waals surface area contributed by atoms with Crippen LogP contribution in [-0.4, -0.2) is 32.8 Å². The Morgan fingerprint density at radius 2 is 1.94 bits per heavy atom. The molecule has 2 N–H and O–H groups in total. The van der Waals surface area contributed by atoms with Crippen LogP contribution in [0.4, 0.5) is 5.69 Å². The Morgan fingerprint density at radius 3 is 2.41 bits per heavy atom. The van der Waals surface area contributed by atoms with Crippen LogP contribution in [0, 0.1) is 0 Å². The van der Waals surface area contributed by atoms with Gasteiger partial charge in [-0.3, -0.25) is 0 Å². The number of anilines is 1. The quantitative estimate of drug-likeness (QED) is 0.787. The van der Waals surface area contributed by atoms with Gasteiger partial charge in [0.25, 0.3) is 0 Å². The Labute approximate surface area is 105 Å². The molecule has 0 aliphatic heterocycles. The molecule has 0 saturated carbocycles. The average molecular weight is 236 g/mol. The first-order valence-electron chi connectivity index (χ1n) is 6.27. The fourth-order valence-corrected chi connectivity index (χ4v) is 2.10. The van der Waals surface area contributed by atoms with E-state index in [1.54, 1.807) is 7.11 Å². The van der Waals surface area contributed by atoms with Gasteiger partial charge in [0.15, 0.2) is 0 Å². The molecule has 96 valence electrons. The van der Waals surface area contributed by atoms with Crippen LogP contribution in [0.1, 0.15) is 19.4 Å². The van der Waals surface area contributed by atoms with Crippen LogP contribution < -0.4 is 10.6 Å². The number of methoxy groups -OCH3 is 1. The number of nitrogens with zero attached hydrogens (tertiary/aromatic N) is 1. The van der Waals surface area contributed by atoms with E-state index < -0.39 is 0 Å². The van der Waals surface area contributed by atoms with Gasteiger partial charge in [-0.2, -0.15) is 0 Å². The summed E-state index contributed by atoms with van der Waals surface area (Å²) in [6.07, 6.45) is 0.944. The predicted molar refractivity (Wildman–Crippen MR) is 73.6 cm³/mol. The normalized spacial score (nSPS) is 12.5. The summed E-state index contributed by atoms with van der Waals surface area (Å²) in [5.41, 5.74) is 8.09. The fourth-order valence-electron chi connectivity index (χ4n) is 2.10. The van der Waals surface area contributed by atoms with Gasteiger partial charge in [0.05, 0.1) is 6.61 Å². The Balaban J connectivity index is 2.74. The number of rotatable bonds is 7. The van der Waals surface area contributed by atoms with Crippen molar-refractivity contribution in [3.05, 3.63) is 29.8 Å². The molecular weight excluding hydrogens is 212 g/mol. The Bertz CT molecular complexity index is 311. The monoisotopic (exact) mass is 236 g/mol. The van der Waals surface area contributed by atoms with E-state index in [1.165, 1.54) is 11.3 Å². The fraction of sp³-hybridized carbons (Fsp3) is 0.571. The van der Waals surface area contributed by atoms with Gasteiger partial charge < -0.3 is 15.4 Å². The highest BCUT2D eigenvalue weighted by Crippen LogP contribution is 2.18. The van der Waals surface area contributed by atoms with E-state index in [0.29, 0.717) is 12.6 Å². The average Bonchev–Trinajstić information content (AvgIpc) is 2.33. The third kappa shape index (κ3) is 4.02. The third-order valence-electron chi connectivity index (χ3n) is 2.98. The lowest BCUT2D eigenvalue weighted by molar-refractivity contribution is 0.182. The zero-order valence-electron chi connectivity index (χ0n) is 11.1. The summed E-state index contributed by atoms with van der Waals surface area (Å²) in [5, 5.41) is 0. The molecule has 0 bridgehead atoms. The molecule has 0 fully saturated rings. The van der Waals surface area contributed by atoms with Gasteiger partial charge in [0, 0.05) is 25.4 Å². The Hall–Kier alpha value is -1.06. The third-order valence-corrected chi connectivity index (χ3v) is 2.98. The molecule has 1 atom stereocenters. The molecule has 1 rings (SSSR count). The maximum Gasteiger partial charge on any atom is 0.0663 e. The maximum absolute atomic E-state index is 5.55. The summed E-state index contributed by atoms with van der Waals surface area (Å²) in [6.45, 7) is 6.79. The summed E-state index contributed by atoms with van der Waals surface area (Å²) in [5.74, 6) is 0. The van der Waals surface area contributed by atoms with Crippen molar-refractivity contribution in [1.82, 2.24) is 0 Å². The molecule has 0 heterocycles. The lowest BCUT2D eigenvalue weighted by Gasteiger charge is -2.29. The maximum atomic E-state index is 5.55. The van der Waals surface area contributed by atoms with Crippen LogP contribution in [0.2, 0.25) is 0 Å². The molecule has 1 aromatic rings. The second kappa shape index (κ2) is 7.30. The van der Waals surface area contributed by atoms with Gasteiger partial charge in [0.2, 0.25) is 0 Å². The second-order valence-corrected chi connectivity index (χ2v) is 4.30. The molecule has 1 unspecified atom stereocenters. The largest absolute Gasteiger partial charge is 0.383 e. The first kappa shape index (κ1) is 14.0. The second-order valence-electron chi connectivity index (χ2n) is 4.30. The standard InChI is InChI=1S/C14H24N2O/c1-4-16(12(2)11-17-3)14-7-5-13(6-8-14)9-10-15/h5-8,12H,4,9-11,15H2,1-3H3. The van der Waals surface area contributed by atoms with Crippen molar-refractivity contribution in [3.63, 3.8) is 0 Å². The molecule has 3 nitrogen and oxygen atoms in total. The first-order chi connectivity index (χ1) is 8.22. The van der Waals surface area contributed by atoms with Crippen molar-refractivity contribution >= 4 is 5.69 Å². The highest BCUT2D eigenvalue weighted by molar-refractivity contribution is 5.48. The summed E-state index contributed by atoms with van der Waals surface area (Å²) < 4.78 is 5.21. The minimum Gasteiger partial charge on any atom is -0.383 e. The van der Waals surface area contributed by atoms with Gasteiger partial charge in [-0.05, 0) is 44.5 Å². The summed E-state index contributed by atoms with van der Waals surface area (Å²) in [7, 11) is 1.74. The summed E-state index contributed by atoms with van der Waals surface area (Å²) >= 11 is 0. The minimum atomic E-state index is 0.394. The van der Waals surface area contributed by atoms with Gasteiger partial charge in [-0.1, -0.05) is 12.1 Å². The van der Waals surface area contributed by atoms with Crippen LogP contribution >= 0.6 is 0 Å². The van der Waals surface area contributed by atoms with Crippen LogP contribution in [0.15, 0.2) is 24.3 Å². The molecule has 0 aliphatic rings. The molecular formula is C14H24N2O. The van der Waals surface area contributed by atoms with E-state index in [-0.39, 0.29) is 0 Å². The lowest BCUT2D eigenvalue weighted by Crippen LogP contribution is -2.36. The van der Waals surface area contributed by atoms with Gasteiger partial charge in [-0.25, -0.2) is 0 Å². The molecule has 0 aromatic heterocycles. The van der Waals surface area contributed by atoms with E-state index in [2.05, 4.69) is 43.0 Å². The SMILES string of the molecule is CCN(c1ccc(CCN)cc1)C(C)COC. The molecule has 1 aromatic carbocycles. The topological polar surface area (TPSA) is 38.5 Å². The van der Waals surface area contributed by atoms with Crippen LogP contribution in [-0.2, 0) is 11.2 Å². The van der Waals surface area contributed by atoms with Crippen molar-refractivity contribution in [2.45, 2.75) is 26.3 Å². The van der Waals surface area contributed by atoms with Crippen molar-refractivity contribution in [3.8, 4) is 0 Å². The van der Waals surface area contributed by atoms with Crippen molar-refractivity contribution in [2.75, 3.05) is 31.7 Å². The smallest absolute Gasteiger partial charge is 0.0663 e. The summed E-state index contributed by atoms with van der Waals surface area (Å²) in [4.78, 5) is 2.34. The number of nitrogens with two attached hydrogens (primary N) is 1. The Kier molecular flexibility index (Phi) is 6.01. The lowest BCUT2D eigenvalue weighted by atomic mass is 10.1. The number of hydrogen-bond acceptors (Lipinski definition) is 3. The summed E-state index contributed by atoms with van der Waals surface area (Å²) in [6, 6.07) is 9.04. The highest BCUT2D eigenvalue weighted by atomic mass is 16.5. The van der Waals surface area contributed by atoms with Crippen LogP contribution in [0.5, 0.6) is 0 Å². The zero-order chi connectivity index (χ0) is 12.7. The molecule has 3 heteroatoms. The molecule has 0 radical (unpaired) electrons. The first-order valence-corrected chi connectivity index (χ1v) is 6.27. The van der Waals surface area contributed by atoms with E-state index in [4.69, 9.17) is 10.5 Å². The van der Waals surface area contributed by atoms with E-state index in [9.17, 15) is 0 Å². The van der Waals surface area contributed by atoms with E-state index in [1.807, 2.05) is 0 Å².